The summed E-state index contributed by atoms with van der Waals surface area (Å²) >= 11 is 5.00. The Kier molecular flexibility index (Phi) is 2.72. The van der Waals surface area contributed by atoms with Crippen molar-refractivity contribution in [3.05, 3.63) is 36.3 Å². The molecule has 0 bridgehead atoms. The Morgan fingerprint density at radius 3 is 2.80 bits per heavy atom. The molecule has 0 fully saturated rings. The van der Waals surface area contributed by atoms with Crippen molar-refractivity contribution in [1.82, 2.24) is 4.98 Å². The molecule has 0 saturated heterocycles. The third-order valence-corrected chi connectivity index (χ3v) is 4.32. The Morgan fingerprint density at radius 1 is 1.47 bits per heavy atom. The van der Waals surface area contributed by atoms with Crippen LogP contribution < -0.4 is 5.56 Å². The molecule has 0 atom stereocenters. The minimum atomic E-state index is -0.579. The number of nitrogens with one attached hydrogen (secondary N) is 1. The van der Waals surface area contributed by atoms with Crippen molar-refractivity contribution in [2.75, 3.05) is 0 Å². The zero-order valence-electron chi connectivity index (χ0n) is 7.14. The first-order chi connectivity index (χ1) is 7.00. The van der Waals surface area contributed by atoms with Gasteiger partial charge in [0.1, 0.15) is 5.75 Å². The summed E-state index contributed by atoms with van der Waals surface area (Å²) in [5.41, 5.74) is -0.528. The predicted octanol–water partition coefficient (Wildman–Crippen LogP) is 2.74. The van der Waals surface area contributed by atoms with Gasteiger partial charge in [-0.2, -0.15) is 0 Å². The Hall–Kier alpha value is -0.630. The van der Waals surface area contributed by atoms with Gasteiger partial charge in [-0.05, 0) is 44.6 Å². The molecule has 0 amide bonds. The number of fused-ring (bicyclic) bond motifs is 1. The Bertz CT molecular complexity index is 611. The van der Waals surface area contributed by atoms with Gasteiger partial charge in [-0.3, -0.25) is 4.79 Å². The first-order valence-corrected chi connectivity index (χ1v) is 5.77. The number of hydrogen-bond donors (Lipinski definition) is 2. The summed E-state index contributed by atoms with van der Waals surface area (Å²) < 4.78 is 14.6. The van der Waals surface area contributed by atoms with E-state index >= 15 is 0 Å². The average Bonchev–Trinajstić information content (AvgIpc) is 2.17. The van der Waals surface area contributed by atoms with Crippen LogP contribution in [-0.2, 0) is 0 Å². The normalized spacial score (nSPS) is 10.9. The molecule has 2 rings (SSSR count). The number of H-pyrrole nitrogens is 1. The average molecular weight is 384 g/mol. The zero-order chi connectivity index (χ0) is 11.2. The summed E-state index contributed by atoms with van der Waals surface area (Å²) in [5, 5.41) is 9.78. The molecule has 0 saturated carbocycles. The fourth-order valence-corrected chi connectivity index (χ4v) is 2.14. The topological polar surface area (TPSA) is 53.1 Å². The van der Waals surface area contributed by atoms with Gasteiger partial charge in [0.05, 0.1) is 9.99 Å². The summed E-state index contributed by atoms with van der Waals surface area (Å²) in [5.74, 6) is -0.803. The molecule has 0 aliphatic heterocycles. The standard InChI is InChI=1S/C9H4BrFINO2/c10-7-4(12)1-3-5(14)2-6(15)13-9(3)8(7)11/h1-2H,(H2,13,14,15). The maximum atomic E-state index is 13.7. The fraction of sp³-hybridized carbons (Fsp3) is 0. The molecule has 0 aliphatic carbocycles. The van der Waals surface area contributed by atoms with Crippen molar-refractivity contribution in [2.24, 2.45) is 0 Å². The van der Waals surface area contributed by atoms with Crippen LogP contribution in [0.3, 0.4) is 0 Å². The molecule has 3 nitrogen and oxygen atoms in total. The second-order valence-electron chi connectivity index (χ2n) is 2.93. The lowest BCUT2D eigenvalue weighted by Gasteiger charge is -2.05. The monoisotopic (exact) mass is 383 g/mol. The fourth-order valence-electron chi connectivity index (χ4n) is 1.28. The van der Waals surface area contributed by atoms with Crippen LogP contribution in [-0.4, -0.2) is 10.1 Å². The number of aromatic nitrogens is 1. The highest BCUT2D eigenvalue weighted by Crippen LogP contribution is 2.31. The minimum absolute atomic E-state index is 0.00675. The van der Waals surface area contributed by atoms with E-state index in [2.05, 4.69) is 20.9 Å². The van der Waals surface area contributed by atoms with Gasteiger partial charge in [-0.15, -0.1) is 0 Å². The largest absolute Gasteiger partial charge is 0.507 e. The van der Waals surface area contributed by atoms with E-state index < -0.39 is 11.4 Å². The van der Waals surface area contributed by atoms with E-state index in [4.69, 9.17) is 0 Å². The molecule has 15 heavy (non-hydrogen) atoms. The summed E-state index contributed by atoms with van der Waals surface area (Å²) in [7, 11) is 0. The summed E-state index contributed by atoms with van der Waals surface area (Å²) in [6.45, 7) is 0. The molecule has 0 spiro atoms. The molecule has 1 aromatic carbocycles. The first kappa shape index (κ1) is 10.9. The van der Waals surface area contributed by atoms with Gasteiger partial charge in [0.25, 0.3) is 5.56 Å². The van der Waals surface area contributed by atoms with E-state index in [0.717, 1.165) is 6.07 Å². The summed E-state index contributed by atoms with van der Waals surface area (Å²) in [4.78, 5) is 13.4. The molecule has 78 valence electrons. The van der Waals surface area contributed by atoms with Gasteiger partial charge >= 0.3 is 0 Å². The van der Waals surface area contributed by atoms with Crippen LogP contribution in [0.1, 0.15) is 0 Å². The Labute approximate surface area is 106 Å². The van der Waals surface area contributed by atoms with Crippen molar-refractivity contribution in [3.63, 3.8) is 0 Å². The number of rotatable bonds is 0. The number of benzene rings is 1. The van der Waals surface area contributed by atoms with Gasteiger partial charge in [-0.25, -0.2) is 4.39 Å². The van der Waals surface area contributed by atoms with Crippen molar-refractivity contribution < 1.29 is 9.50 Å². The van der Waals surface area contributed by atoms with Gasteiger partial charge < -0.3 is 10.1 Å². The van der Waals surface area contributed by atoms with Crippen molar-refractivity contribution >= 4 is 49.4 Å². The smallest absolute Gasteiger partial charge is 0.252 e. The van der Waals surface area contributed by atoms with E-state index in [-0.39, 0.29) is 15.7 Å². The van der Waals surface area contributed by atoms with E-state index in [1.807, 2.05) is 22.6 Å². The number of hydrogen-bond acceptors (Lipinski definition) is 2. The molecule has 0 aliphatic rings. The predicted molar refractivity (Wildman–Crippen MR) is 66.6 cm³/mol. The molecule has 0 unspecified atom stereocenters. The van der Waals surface area contributed by atoms with Crippen LogP contribution in [0.2, 0.25) is 0 Å². The third kappa shape index (κ3) is 1.76. The number of halogens is 3. The molecular weight excluding hydrogens is 380 g/mol. The van der Waals surface area contributed by atoms with Gasteiger partial charge in [0.15, 0.2) is 5.82 Å². The molecule has 0 radical (unpaired) electrons. The van der Waals surface area contributed by atoms with Gasteiger partial charge in [-0.1, -0.05) is 0 Å². The second-order valence-corrected chi connectivity index (χ2v) is 4.88. The van der Waals surface area contributed by atoms with Crippen LogP contribution in [0.5, 0.6) is 5.75 Å². The molecular formula is C9H4BrFINO2. The lowest BCUT2D eigenvalue weighted by atomic mass is 10.2. The van der Waals surface area contributed by atoms with Gasteiger partial charge in [0, 0.05) is 15.0 Å². The van der Waals surface area contributed by atoms with Crippen LogP contribution >= 0.6 is 38.5 Å². The van der Waals surface area contributed by atoms with E-state index in [9.17, 15) is 14.3 Å². The van der Waals surface area contributed by atoms with E-state index in [1.165, 1.54) is 0 Å². The Balaban J connectivity index is 3.05. The molecule has 2 aromatic rings. The quantitative estimate of drug-likeness (QED) is 0.543. The van der Waals surface area contributed by atoms with Crippen LogP contribution in [0.15, 0.2) is 21.4 Å². The molecule has 1 aromatic heterocycles. The summed E-state index contributed by atoms with van der Waals surface area (Å²) in [6, 6.07) is 2.61. The second kappa shape index (κ2) is 3.75. The van der Waals surface area contributed by atoms with Crippen LogP contribution in [0.25, 0.3) is 10.9 Å². The molecule has 1 heterocycles. The highest BCUT2D eigenvalue weighted by molar-refractivity contribution is 14.1. The van der Waals surface area contributed by atoms with Gasteiger partial charge in [0.2, 0.25) is 0 Å². The maximum absolute atomic E-state index is 13.7. The SMILES string of the molecule is O=c1cc(O)c2cc(I)c(Br)c(F)c2[nH]1. The van der Waals surface area contributed by atoms with E-state index in [1.54, 1.807) is 6.07 Å². The molecule has 2 N–H and O–H groups in total. The van der Waals surface area contributed by atoms with E-state index in [0.29, 0.717) is 8.96 Å². The number of aromatic amines is 1. The first-order valence-electron chi connectivity index (χ1n) is 3.90. The number of aromatic hydroxyl groups is 1. The van der Waals surface area contributed by atoms with Crippen LogP contribution in [0, 0.1) is 9.39 Å². The highest BCUT2D eigenvalue weighted by atomic mass is 127. The van der Waals surface area contributed by atoms with Crippen LogP contribution in [0.4, 0.5) is 4.39 Å². The van der Waals surface area contributed by atoms with Crippen molar-refractivity contribution in [1.29, 1.82) is 0 Å². The highest BCUT2D eigenvalue weighted by Gasteiger charge is 2.13. The zero-order valence-corrected chi connectivity index (χ0v) is 10.9. The van der Waals surface area contributed by atoms with Crippen molar-refractivity contribution in [3.8, 4) is 5.75 Å². The van der Waals surface area contributed by atoms with Crippen molar-refractivity contribution in [2.45, 2.75) is 0 Å². The Morgan fingerprint density at radius 2 is 2.13 bits per heavy atom. The molecule has 6 heteroatoms. The summed E-state index contributed by atoms with van der Waals surface area (Å²) in [6.07, 6.45) is 0. The lowest BCUT2D eigenvalue weighted by molar-refractivity contribution is 0.480. The number of pyridine rings is 1. The maximum Gasteiger partial charge on any atom is 0.252 e. The third-order valence-electron chi connectivity index (χ3n) is 1.95. The minimum Gasteiger partial charge on any atom is -0.507 e. The lowest BCUT2D eigenvalue weighted by Crippen LogP contribution is -2.05.